The van der Waals surface area contributed by atoms with Crippen molar-refractivity contribution in [3.63, 3.8) is 0 Å². The van der Waals surface area contributed by atoms with E-state index < -0.39 is 9.84 Å². The highest BCUT2D eigenvalue weighted by atomic mass is 32.2. The van der Waals surface area contributed by atoms with Crippen molar-refractivity contribution in [1.29, 1.82) is 0 Å². The normalized spacial score (nSPS) is 14.8. The van der Waals surface area contributed by atoms with Crippen LogP contribution < -0.4 is 5.32 Å². The van der Waals surface area contributed by atoms with Crippen LogP contribution in [0.3, 0.4) is 0 Å². The fourth-order valence-electron chi connectivity index (χ4n) is 4.48. The van der Waals surface area contributed by atoms with Gasteiger partial charge < -0.3 is 10.2 Å². The van der Waals surface area contributed by atoms with E-state index >= 15 is 0 Å². The zero-order chi connectivity index (χ0) is 24.0. The number of nitrogens with one attached hydrogen (secondary N) is 1. The minimum Gasteiger partial charge on any atom is -0.356 e. The minimum absolute atomic E-state index is 0.000666. The first kappa shape index (κ1) is 24.0. The molecule has 2 amide bonds. The van der Waals surface area contributed by atoms with Crippen molar-refractivity contribution in [3.8, 4) is 0 Å². The van der Waals surface area contributed by atoms with Crippen LogP contribution in [0.15, 0.2) is 72.8 Å². The average Bonchev–Trinajstić information content (AvgIpc) is 2.86. The molecule has 0 unspecified atom stereocenters. The van der Waals surface area contributed by atoms with Crippen LogP contribution in [0, 0.1) is 5.92 Å². The van der Waals surface area contributed by atoms with Gasteiger partial charge in [-0.05, 0) is 41.7 Å². The molecule has 6 nitrogen and oxygen atoms in total. The van der Waals surface area contributed by atoms with E-state index in [4.69, 9.17) is 0 Å². The van der Waals surface area contributed by atoms with Crippen molar-refractivity contribution in [2.45, 2.75) is 25.0 Å². The molecule has 4 rings (SSSR count). The van der Waals surface area contributed by atoms with Gasteiger partial charge in [-0.1, -0.05) is 66.7 Å². The number of hydrogen-bond donors (Lipinski definition) is 1. The van der Waals surface area contributed by atoms with Gasteiger partial charge in [0, 0.05) is 31.1 Å². The summed E-state index contributed by atoms with van der Waals surface area (Å²) < 4.78 is 24.6. The van der Waals surface area contributed by atoms with Crippen molar-refractivity contribution in [2.24, 2.45) is 5.92 Å². The van der Waals surface area contributed by atoms with Crippen LogP contribution in [-0.2, 0) is 20.4 Å². The maximum atomic E-state index is 13.1. The van der Waals surface area contributed by atoms with Crippen LogP contribution in [0.1, 0.15) is 35.2 Å². The van der Waals surface area contributed by atoms with Crippen LogP contribution in [0.25, 0.3) is 10.8 Å². The van der Waals surface area contributed by atoms with Crippen molar-refractivity contribution in [2.75, 3.05) is 25.4 Å². The number of piperidine rings is 1. The second-order valence-corrected chi connectivity index (χ2v) is 11.0. The second kappa shape index (κ2) is 10.8. The molecule has 3 aromatic carbocycles. The third kappa shape index (κ3) is 6.03. The number of likely N-dealkylation sites (tertiary alicyclic amines) is 1. The summed E-state index contributed by atoms with van der Waals surface area (Å²) >= 11 is 0. The van der Waals surface area contributed by atoms with E-state index in [-0.39, 0.29) is 29.2 Å². The maximum Gasteiger partial charge on any atom is 0.254 e. The Balaban J connectivity index is 1.22. The molecular formula is C27H30N2O4S. The predicted octanol–water partition coefficient (Wildman–Crippen LogP) is 3.81. The molecule has 1 aliphatic rings. The van der Waals surface area contributed by atoms with Crippen LogP contribution in [0.4, 0.5) is 0 Å². The summed E-state index contributed by atoms with van der Waals surface area (Å²) in [5.41, 5.74) is 1.47. The van der Waals surface area contributed by atoms with Crippen molar-refractivity contribution < 1.29 is 18.0 Å². The number of benzene rings is 3. The molecule has 0 aromatic heterocycles. The van der Waals surface area contributed by atoms with E-state index in [1.165, 1.54) is 0 Å². The lowest BCUT2D eigenvalue weighted by Gasteiger charge is -2.31. The molecule has 178 valence electrons. The number of carbonyl (C=O) groups is 2. The zero-order valence-corrected chi connectivity index (χ0v) is 20.0. The van der Waals surface area contributed by atoms with Gasteiger partial charge in [0.2, 0.25) is 5.91 Å². The summed E-state index contributed by atoms with van der Waals surface area (Å²) in [4.78, 5) is 27.5. The number of rotatable bonds is 8. The molecule has 0 saturated carbocycles. The SMILES string of the molecule is O=C(NCCCS(=O)(=O)Cc1ccccc1)C1CCN(C(=O)c2cccc3ccccc23)CC1. The van der Waals surface area contributed by atoms with Crippen LogP contribution in [-0.4, -0.2) is 50.5 Å². The van der Waals surface area contributed by atoms with E-state index in [1.54, 1.807) is 12.1 Å². The standard InChI is InChI=1S/C27H30N2O4S/c30-26(28-16-7-19-34(32,33)20-21-8-2-1-3-9-21)23-14-17-29(18-15-23)27(31)25-13-6-11-22-10-4-5-12-24(22)25/h1-6,8-13,23H,7,14-20H2,(H,28,30). The van der Waals surface area contributed by atoms with Gasteiger partial charge in [-0.2, -0.15) is 0 Å². The molecule has 1 saturated heterocycles. The minimum atomic E-state index is -3.21. The predicted molar refractivity (Wildman–Crippen MR) is 134 cm³/mol. The maximum absolute atomic E-state index is 13.1. The van der Waals surface area contributed by atoms with Crippen LogP contribution in [0.5, 0.6) is 0 Å². The lowest BCUT2D eigenvalue weighted by molar-refractivity contribution is -0.126. The van der Waals surface area contributed by atoms with Gasteiger partial charge in [0.05, 0.1) is 11.5 Å². The van der Waals surface area contributed by atoms with E-state index in [2.05, 4.69) is 5.32 Å². The van der Waals surface area contributed by atoms with Gasteiger partial charge in [-0.25, -0.2) is 8.42 Å². The fraction of sp³-hybridized carbons (Fsp3) is 0.333. The Morgan fingerprint density at radius 2 is 1.56 bits per heavy atom. The molecule has 1 fully saturated rings. The zero-order valence-electron chi connectivity index (χ0n) is 19.2. The average molecular weight is 479 g/mol. The highest BCUT2D eigenvalue weighted by molar-refractivity contribution is 7.90. The summed E-state index contributed by atoms with van der Waals surface area (Å²) in [5, 5.41) is 4.86. The molecule has 1 aliphatic heterocycles. The summed E-state index contributed by atoms with van der Waals surface area (Å²) in [6.07, 6.45) is 1.60. The third-order valence-corrected chi connectivity index (χ3v) is 8.02. The van der Waals surface area contributed by atoms with Crippen LogP contribution in [0.2, 0.25) is 0 Å². The Labute approximate surface area is 200 Å². The Morgan fingerprint density at radius 1 is 0.882 bits per heavy atom. The molecule has 0 aliphatic carbocycles. The first-order valence-electron chi connectivity index (χ1n) is 11.7. The smallest absolute Gasteiger partial charge is 0.254 e. The molecule has 0 bridgehead atoms. The van der Waals surface area contributed by atoms with Gasteiger partial charge in [0.1, 0.15) is 0 Å². The van der Waals surface area contributed by atoms with E-state index in [0.717, 1.165) is 16.3 Å². The molecular weight excluding hydrogens is 448 g/mol. The topological polar surface area (TPSA) is 83.6 Å². The molecule has 1 N–H and O–H groups in total. The molecule has 0 spiro atoms. The Hall–Kier alpha value is -3.19. The van der Waals surface area contributed by atoms with Gasteiger partial charge >= 0.3 is 0 Å². The third-order valence-electron chi connectivity index (χ3n) is 6.33. The molecule has 1 heterocycles. The quantitative estimate of drug-likeness (QED) is 0.499. The molecule has 34 heavy (non-hydrogen) atoms. The highest BCUT2D eigenvalue weighted by Gasteiger charge is 2.28. The highest BCUT2D eigenvalue weighted by Crippen LogP contribution is 2.23. The van der Waals surface area contributed by atoms with Gasteiger partial charge in [0.15, 0.2) is 9.84 Å². The first-order chi connectivity index (χ1) is 16.4. The van der Waals surface area contributed by atoms with E-state index in [9.17, 15) is 18.0 Å². The number of nitrogens with zero attached hydrogens (tertiary/aromatic N) is 1. The van der Waals surface area contributed by atoms with E-state index in [0.29, 0.717) is 44.5 Å². The lowest BCUT2D eigenvalue weighted by Crippen LogP contribution is -2.43. The number of sulfone groups is 1. The number of hydrogen-bond acceptors (Lipinski definition) is 4. The van der Waals surface area contributed by atoms with Gasteiger partial charge in [-0.3, -0.25) is 9.59 Å². The van der Waals surface area contributed by atoms with Gasteiger partial charge in [0.25, 0.3) is 5.91 Å². The molecule has 3 aromatic rings. The second-order valence-electron chi connectivity index (χ2n) is 8.82. The fourth-order valence-corrected chi connectivity index (χ4v) is 5.90. The summed E-state index contributed by atoms with van der Waals surface area (Å²) in [6.45, 7) is 1.40. The summed E-state index contributed by atoms with van der Waals surface area (Å²) in [5.74, 6) is -0.153. The molecule has 7 heteroatoms. The summed E-state index contributed by atoms with van der Waals surface area (Å²) in [7, 11) is -3.21. The molecule has 0 radical (unpaired) electrons. The molecule has 0 atom stereocenters. The van der Waals surface area contributed by atoms with Crippen molar-refractivity contribution >= 4 is 32.4 Å². The lowest BCUT2D eigenvalue weighted by atomic mass is 9.95. The Morgan fingerprint density at radius 3 is 2.32 bits per heavy atom. The number of fused-ring (bicyclic) bond motifs is 1. The van der Waals surface area contributed by atoms with E-state index in [1.807, 2.05) is 65.6 Å². The first-order valence-corrected chi connectivity index (χ1v) is 13.5. The Bertz CT molecular complexity index is 1240. The summed E-state index contributed by atoms with van der Waals surface area (Å²) in [6, 6.07) is 22.7. The number of amides is 2. The number of carbonyl (C=O) groups excluding carboxylic acids is 2. The van der Waals surface area contributed by atoms with Crippen LogP contribution >= 0.6 is 0 Å². The Kier molecular flexibility index (Phi) is 7.63. The van der Waals surface area contributed by atoms with Crippen molar-refractivity contribution in [3.05, 3.63) is 83.9 Å². The van der Waals surface area contributed by atoms with Gasteiger partial charge in [-0.15, -0.1) is 0 Å². The van der Waals surface area contributed by atoms with Crippen molar-refractivity contribution in [1.82, 2.24) is 10.2 Å². The largest absolute Gasteiger partial charge is 0.356 e. The monoisotopic (exact) mass is 478 g/mol.